The van der Waals surface area contributed by atoms with Gasteiger partial charge in [-0.15, -0.1) is 0 Å². The van der Waals surface area contributed by atoms with Crippen molar-refractivity contribution in [2.24, 2.45) is 0 Å². The lowest BCUT2D eigenvalue weighted by atomic mass is 10.0. The molecule has 6 nitrogen and oxygen atoms in total. The van der Waals surface area contributed by atoms with Gasteiger partial charge in [-0.3, -0.25) is 14.4 Å². The van der Waals surface area contributed by atoms with Gasteiger partial charge in [-0.1, -0.05) is 393 Å². The predicted octanol–water partition coefficient (Wildman–Crippen LogP) is 25.0. The molecule has 470 valence electrons. The minimum absolute atomic E-state index is 0.0599. The first-order chi connectivity index (χ1) is 39.0. The van der Waals surface area contributed by atoms with Crippen molar-refractivity contribution in [1.82, 2.24) is 0 Å². The van der Waals surface area contributed by atoms with Gasteiger partial charge in [0.05, 0.1) is 0 Å². The van der Waals surface area contributed by atoms with E-state index < -0.39 is 6.10 Å². The van der Waals surface area contributed by atoms with Crippen molar-refractivity contribution >= 4 is 17.9 Å². The van der Waals surface area contributed by atoms with Crippen LogP contribution >= 0.6 is 0 Å². The van der Waals surface area contributed by atoms with Crippen LogP contribution in [0.25, 0.3) is 0 Å². The average molecular weight is 1120 g/mol. The molecule has 0 amide bonds. The summed E-state index contributed by atoms with van der Waals surface area (Å²) in [7, 11) is 0. The monoisotopic (exact) mass is 1120 g/mol. The zero-order chi connectivity index (χ0) is 57.1. The van der Waals surface area contributed by atoms with Gasteiger partial charge in [0.2, 0.25) is 0 Å². The van der Waals surface area contributed by atoms with Crippen LogP contribution in [0.1, 0.15) is 432 Å². The Bertz CT molecular complexity index is 1190. The Hall–Kier alpha value is -1.59. The highest BCUT2D eigenvalue weighted by atomic mass is 16.6. The van der Waals surface area contributed by atoms with E-state index in [1.807, 2.05) is 0 Å². The fraction of sp³-hybridized carbons (Fsp3) is 0.959. The Balaban J connectivity index is 4.25. The SMILES string of the molecule is CCCCCCCCCCCCCCCCCCCCCCCCCC(=O)OCC(COC(=O)CCCCCCCCCCCCCCCCCCCCC)OC(=O)CCCCCCCCCCCCCCCCCCCCC. The van der Waals surface area contributed by atoms with Crippen LogP contribution in [0.15, 0.2) is 0 Å². The van der Waals surface area contributed by atoms with Crippen molar-refractivity contribution in [3.63, 3.8) is 0 Å². The van der Waals surface area contributed by atoms with E-state index >= 15 is 0 Å². The summed E-state index contributed by atoms with van der Waals surface area (Å²) in [5.74, 6) is -0.815. The Labute approximate surface area is 495 Å². The standard InChI is InChI=1S/C73H142O6/c1-4-7-10-13-16-19-22-25-28-31-34-35-36-37-40-42-45-48-51-54-57-60-63-66-72(75)78-69-70(79-73(76)67-64-61-58-55-52-49-46-43-39-33-30-27-24-21-18-15-12-9-6-3)68-77-71(74)65-62-59-56-53-50-47-44-41-38-32-29-26-23-20-17-14-11-8-5-2/h70H,4-69H2,1-3H3. The van der Waals surface area contributed by atoms with E-state index in [9.17, 15) is 14.4 Å². The Morgan fingerprint density at radius 2 is 0.342 bits per heavy atom. The van der Waals surface area contributed by atoms with E-state index in [-0.39, 0.29) is 31.1 Å². The fourth-order valence-corrected chi connectivity index (χ4v) is 11.6. The second kappa shape index (κ2) is 68.9. The van der Waals surface area contributed by atoms with Gasteiger partial charge in [0.25, 0.3) is 0 Å². The van der Waals surface area contributed by atoms with Crippen LogP contribution in [0.3, 0.4) is 0 Å². The molecule has 0 aliphatic heterocycles. The summed E-state index contributed by atoms with van der Waals surface area (Å²) < 4.78 is 17.0. The number of carbonyl (C=O) groups is 3. The van der Waals surface area contributed by atoms with Crippen LogP contribution in [0, 0.1) is 0 Å². The minimum Gasteiger partial charge on any atom is -0.462 e. The number of hydrogen-bond donors (Lipinski definition) is 0. The first-order valence-electron chi connectivity index (χ1n) is 36.5. The molecule has 0 aromatic heterocycles. The van der Waals surface area contributed by atoms with Gasteiger partial charge in [-0.25, -0.2) is 0 Å². The first-order valence-corrected chi connectivity index (χ1v) is 36.5. The molecule has 0 bridgehead atoms. The summed E-state index contributed by atoms with van der Waals surface area (Å²) >= 11 is 0. The van der Waals surface area contributed by atoms with E-state index in [2.05, 4.69) is 20.8 Å². The van der Waals surface area contributed by atoms with E-state index in [4.69, 9.17) is 14.2 Å². The van der Waals surface area contributed by atoms with Crippen LogP contribution in [0.4, 0.5) is 0 Å². The Morgan fingerprint density at radius 3 is 0.506 bits per heavy atom. The summed E-state index contributed by atoms with van der Waals surface area (Å²) in [6, 6.07) is 0. The summed E-state index contributed by atoms with van der Waals surface area (Å²) in [4.78, 5) is 38.5. The zero-order valence-electron chi connectivity index (χ0n) is 54.2. The largest absolute Gasteiger partial charge is 0.462 e. The molecule has 0 radical (unpaired) electrons. The van der Waals surface area contributed by atoms with Crippen molar-refractivity contribution < 1.29 is 28.6 Å². The maximum Gasteiger partial charge on any atom is 0.306 e. The zero-order valence-corrected chi connectivity index (χ0v) is 54.2. The highest BCUT2D eigenvalue weighted by Gasteiger charge is 2.20. The van der Waals surface area contributed by atoms with Crippen LogP contribution in [-0.4, -0.2) is 37.2 Å². The van der Waals surface area contributed by atoms with Gasteiger partial charge >= 0.3 is 17.9 Å². The third-order valence-corrected chi connectivity index (χ3v) is 17.1. The average Bonchev–Trinajstić information content (AvgIpc) is 3.45. The fourth-order valence-electron chi connectivity index (χ4n) is 11.6. The molecule has 0 heterocycles. The van der Waals surface area contributed by atoms with Crippen molar-refractivity contribution in [1.29, 1.82) is 0 Å². The number of carbonyl (C=O) groups excluding carboxylic acids is 3. The smallest absolute Gasteiger partial charge is 0.306 e. The normalized spacial score (nSPS) is 11.9. The lowest BCUT2D eigenvalue weighted by Gasteiger charge is -2.18. The van der Waals surface area contributed by atoms with E-state index in [1.54, 1.807) is 0 Å². The second-order valence-electron chi connectivity index (χ2n) is 25.2. The highest BCUT2D eigenvalue weighted by molar-refractivity contribution is 5.71. The molecule has 0 spiro atoms. The van der Waals surface area contributed by atoms with Crippen LogP contribution in [0.2, 0.25) is 0 Å². The van der Waals surface area contributed by atoms with Crippen molar-refractivity contribution in [2.75, 3.05) is 13.2 Å². The maximum atomic E-state index is 13.0. The quantitative estimate of drug-likeness (QED) is 0.0343. The lowest BCUT2D eigenvalue weighted by molar-refractivity contribution is -0.167. The number of esters is 3. The number of rotatable bonds is 69. The lowest BCUT2D eigenvalue weighted by Crippen LogP contribution is -2.30. The summed E-state index contributed by atoms with van der Waals surface area (Å²) in [5.41, 5.74) is 0. The maximum absolute atomic E-state index is 13.0. The number of unbranched alkanes of at least 4 members (excludes halogenated alkanes) is 58. The van der Waals surface area contributed by atoms with Crippen molar-refractivity contribution in [3.05, 3.63) is 0 Å². The molecule has 0 aliphatic carbocycles. The highest BCUT2D eigenvalue weighted by Crippen LogP contribution is 2.20. The minimum atomic E-state index is -0.764. The second-order valence-corrected chi connectivity index (χ2v) is 25.2. The molecule has 0 N–H and O–H groups in total. The van der Waals surface area contributed by atoms with Crippen LogP contribution in [0.5, 0.6) is 0 Å². The number of hydrogen-bond acceptors (Lipinski definition) is 6. The topological polar surface area (TPSA) is 78.9 Å². The van der Waals surface area contributed by atoms with E-state index in [0.29, 0.717) is 19.3 Å². The van der Waals surface area contributed by atoms with E-state index in [1.165, 1.54) is 334 Å². The van der Waals surface area contributed by atoms with Gasteiger partial charge in [-0.05, 0) is 19.3 Å². The van der Waals surface area contributed by atoms with Crippen LogP contribution < -0.4 is 0 Å². The van der Waals surface area contributed by atoms with Crippen LogP contribution in [-0.2, 0) is 28.6 Å². The predicted molar refractivity (Wildman–Crippen MR) is 344 cm³/mol. The molecule has 0 aliphatic rings. The first kappa shape index (κ1) is 77.4. The third-order valence-electron chi connectivity index (χ3n) is 17.1. The number of ether oxygens (including phenoxy) is 3. The van der Waals surface area contributed by atoms with Gasteiger partial charge in [0.15, 0.2) is 6.10 Å². The summed E-state index contributed by atoms with van der Waals surface area (Å²) in [6.07, 6.45) is 81.3. The van der Waals surface area contributed by atoms with Gasteiger partial charge < -0.3 is 14.2 Å². The molecule has 6 heteroatoms. The molecule has 0 aromatic rings. The molecule has 1 unspecified atom stereocenters. The molecule has 0 rings (SSSR count). The van der Waals surface area contributed by atoms with Crippen molar-refractivity contribution in [3.8, 4) is 0 Å². The summed E-state index contributed by atoms with van der Waals surface area (Å²) in [6.45, 7) is 6.76. The molecule has 0 saturated carbocycles. The molecule has 0 aromatic carbocycles. The Kier molecular flexibility index (Phi) is 67.5. The van der Waals surface area contributed by atoms with Gasteiger partial charge in [0.1, 0.15) is 13.2 Å². The van der Waals surface area contributed by atoms with E-state index in [0.717, 1.165) is 57.8 Å². The third kappa shape index (κ3) is 67.1. The molecule has 0 fully saturated rings. The molecule has 79 heavy (non-hydrogen) atoms. The summed E-state index contributed by atoms with van der Waals surface area (Å²) in [5, 5.41) is 0. The van der Waals surface area contributed by atoms with Gasteiger partial charge in [0, 0.05) is 19.3 Å². The van der Waals surface area contributed by atoms with Crippen molar-refractivity contribution in [2.45, 2.75) is 438 Å². The Morgan fingerprint density at radius 1 is 0.203 bits per heavy atom. The van der Waals surface area contributed by atoms with Gasteiger partial charge in [-0.2, -0.15) is 0 Å². The molecular weight excluding hydrogens is 973 g/mol. The molecule has 0 saturated heterocycles. The molecule has 1 atom stereocenters. The molecular formula is C73H142O6.